The van der Waals surface area contributed by atoms with E-state index < -0.39 is 17.5 Å². The van der Waals surface area contributed by atoms with E-state index in [1.165, 1.54) is 11.3 Å². The van der Waals surface area contributed by atoms with Crippen LogP contribution in [0, 0.1) is 0 Å². The van der Waals surface area contributed by atoms with Gasteiger partial charge in [-0.2, -0.15) is 0 Å². The van der Waals surface area contributed by atoms with Gasteiger partial charge in [-0.3, -0.25) is 14.5 Å². The number of Topliss-reactive ketones (excluding diaryl/α,β-unsaturated/α-hetero) is 1. The number of carbonyl (C=O) groups is 3. The molecule has 0 saturated carbocycles. The first-order valence-electron chi connectivity index (χ1n) is 6.88. The average molecular weight is 393 g/mol. The third kappa shape index (κ3) is 2.82. The summed E-state index contributed by atoms with van der Waals surface area (Å²) in [4.78, 5) is 38.6. The van der Waals surface area contributed by atoms with Crippen molar-refractivity contribution < 1.29 is 14.4 Å². The van der Waals surface area contributed by atoms with Crippen LogP contribution >= 0.6 is 27.3 Å². The highest BCUT2D eigenvalue weighted by Crippen LogP contribution is 2.30. The Morgan fingerprint density at radius 1 is 1.30 bits per heavy atom. The van der Waals surface area contributed by atoms with E-state index in [9.17, 15) is 14.4 Å². The van der Waals surface area contributed by atoms with Gasteiger partial charge in [0.2, 0.25) is 0 Å². The Hall–Kier alpha value is -1.99. The van der Waals surface area contributed by atoms with E-state index in [0.717, 1.165) is 9.37 Å². The fraction of sp³-hybridized carbons (Fsp3) is 0.188. The van der Waals surface area contributed by atoms with Crippen molar-refractivity contribution in [3.05, 3.63) is 56.7 Å². The number of urea groups is 1. The van der Waals surface area contributed by atoms with Gasteiger partial charge in [-0.1, -0.05) is 34.1 Å². The lowest BCUT2D eigenvalue weighted by Gasteiger charge is -2.22. The lowest BCUT2D eigenvalue weighted by molar-refractivity contribution is -0.130. The van der Waals surface area contributed by atoms with Crippen LogP contribution in [0.3, 0.4) is 0 Å². The van der Waals surface area contributed by atoms with E-state index in [1.54, 1.807) is 42.6 Å². The molecule has 1 aliphatic heterocycles. The first-order valence-corrected chi connectivity index (χ1v) is 8.56. The van der Waals surface area contributed by atoms with Crippen molar-refractivity contribution in [3.8, 4) is 0 Å². The maximum absolute atomic E-state index is 12.7. The van der Waals surface area contributed by atoms with Crippen molar-refractivity contribution in [1.82, 2.24) is 10.2 Å². The zero-order valence-electron chi connectivity index (χ0n) is 12.2. The standard InChI is InChI=1S/C16H13BrN2O3S/c1-16(10-4-2-5-11(17)8-10)14(21)19(15(22)18-16)9-12(20)13-6-3-7-23-13/h2-8H,9H2,1H3,(H,18,22)/t16-/m1/s1. The Balaban J connectivity index is 1.86. The largest absolute Gasteiger partial charge is 0.325 e. The first kappa shape index (κ1) is 15.9. The number of carbonyl (C=O) groups excluding carboxylic acids is 3. The summed E-state index contributed by atoms with van der Waals surface area (Å²) in [5.74, 6) is -0.674. The molecule has 2 aromatic rings. The number of hydrogen-bond acceptors (Lipinski definition) is 4. The number of halogens is 1. The first-order chi connectivity index (χ1) is 10.9. The molecule has 3 amide bonds. The van der Waals surface area contributed by atoms with Crippen molar-refractivity contribution in [2.24, 2.45) is 0 Å². The van der Waals surface area contributed by atoms with Crippen molar-refractivity contribution in [2.45, 2.75) is 12.5 Å². The number of imide groups is 1. The van der Waals surface area contributed by atoms with E-state index in [2.05, 4.69) is 21.2 Å². The van der Waals surface area contributed by atoms with Crippen LogP contribution in [0.15, 0.2) is 46.3 Å². The number of ketones is 1. The molecule has 7 heteroatoms. The molecule has 0 radical (unpaired) electrons. The van der Waals surface area contributed by atoms with Crippen LogP contribution in [0.1, 0.15) is 22.2 Å². The molecule has 1 aliphatic rings. The molecule has 118 valence electrons. The molecule has 0 aliphatic carbocycles. The maximum atomic E-state index is 12.7. The molecule has 1 saturated heterocycles. The van der Waals surface area contributed by atoms with Crippen LogP contribution in [0.5, 0.6) is 0 Å². The zero-order chi connectivity index (χ0) is 16.6. The minimum Gasteiger partial charge on any atom is -0.319 e. The summed E-state index contributed by atoms with van der Waals surface area (Å²) >= 11 is 4.65. The predicted octanol–water partition coefficient (Wildman–Crippen LogP) is 3.16. The van der Waals surface area contributed by atoms with Crippen molar-refractivity contribution >= 4 is 45.0 Å². The minimum absolute atomic E-state index is 0.248. The highest BCUT2D eigenvalue weighted by Gasteiger charge is 2.49. The number of amides is 3. The number of hydrogen-bond donors (Lipinski definition) is 1. The van der Waals surface area contributed by atoms with Crippen molar-refractivity contribution in [3.63, 3.8) is 0 Å². The lowest BCUT2D eigenvalue weighted by Crippen LogP contribution is -2.41. The normalized spacial score (nSPS) is 20.7. The zero-order valence-corrected chi connectivity index (χ0v) is 14.6. The van der Waals surface area contributed by atoms with Gasteiger partial charge in [-0.15, -0.1) is 11.3 Å². The van der Waals surface area contributed by atoms with Crippen molar-refractivity contribution in [1.29, 1.82) is 0 Å². The highest BCUT2D eigenvalue weighted by molar-refractivity contribution is 9.10. The van der Waals surface area contributed by atoms with Crippen LogP contribution < -0.4 is 5.32 Å². The molecule has 5 nitrogen and oxygen atoms in total. The average Bonchev–Trinajstić information content (AvgIpc) is 3.11. The number of nitrogens with one attached hydrogen (secondary N) is 1. The Morgan fingerprint density at radius 3 is 2.74 bits per heavy atom. The summed E-state index contributed by atoms with van der Waals surface area (Å²) in [6.07, 6.45) is 0. The molecular formula is C16H13BrN2O3S. The number of benzene rings is 1. The molecule has 1 N–H and O–H groups in total. The molecule has 1 atom stereocenters. The van der Waals surface area contributed by atoms with E-state index in [1.807, 2.05) is 6.07 Å². The van der Waals surface area contributed by atoms with E-state index >= 15 is 0 Å². The lowest BCUT2D eigenvalue weighted by atomic mass is 9.92. The molecule has 0 unspecified atom stereocenters. The third-order valence-corrected chi connectivity index (χ3v) is 5.18. The molecule has 1 fully saturated rings. The molecule has 3 rings (SSSR count). The summed E-state index contributed by atoms with van der Waals surface area (Å²) in [6, 6.07) is 10.1. The maximum Gasteiger partial charge on any atom is 0.325 e. The van der Waals surface area contributed by atoms with Gasteiger partial charge in [0.1, 0.15) is 5.54 Å². The molecule has 23 heavy (non-hydrogen) atoms. The Bertz CT molecular complexity index is 790. The van der Waals surface area contributed by atoms with Crippen LogP contribution in [-0.2, 0) is 10.3 Å². The van der Waals surface area contributed by atoms with Crippen LogP contribution in [0.4, 0.5) is 4.79 Å². The molecule has 2 heterocycles. The molecule has 1 aromatic carbocycles. The van der Waals surface area contributed by atoms with E-state index in [0.29, 0.717) is 10.4 Å². The van der Waals surface area contributed by atoms with E-state index in [-0.39, 0.29) is 12.3 Å². The second-order valence-corrected chi connectivity index (χ2v) is 7.22. The third-order valence-electron chi connectivity index (χ3n) is 3.77. The second-order valence-electron chi connectivity index (χ2n) is 5.36. The number of nitrogens with zero attached hydrogens (tertiary/aromatic N) is 1. The van der Waals surface area contributed by atoms with Gasteiger partial charge in [0.05, 0.1) is 11.4 Å². The van der Waals surface area contributed by atoms with Crippen LogP contribution in [0.2, 0.25) is 0 Å². The van der Waals surface area contributed by atoms with Gasteiger partial charge in [0, 0.05) is 4.47 Å². The molecule has 1 aromatic heterocycles. The van der Waals surface area contributed by atoms with Crippen LogP contribution in [-0.4, -0.2) is 29.2 Å². The number of rotatable bonds is 4. The van der Waals surface area contributed by atoms with Gasteiger partial charge in [0.15, 0.2) is 5.78 Å². The van der Waals surface area contributed by atoms with Crippen LogP contribution in [0.25, 0.3) is 0 Å². The monoisotopic (exact) mass is 392 g/mol. The van der Waals surface area contributed by atoms with Gasteiger partial charge in [-0.05, 0) is 36.1 Å². The molecule has 0 spiro atoms. The van der Waals surface area contributed by atoms with E-state index in [4.69, 9.17) is 0 Å². The summed E-state index contributed by atoms with van der Waals surface area (Å²) in [5.41, 5.74) is -0.507. The SMILES string of the molecule is C[C@]1(c2cccc(Br)c2)NC(=O)N(CC(=O)c2cccs2)C1=O. The fourth-order valence-electron chi connectivity index (χ4n) is 2.49. The smallest absolute Gasteiger partial charge is 0.319 e. The quantitative estimate of drug-likeness (QED) is 0.641. The predicted molar refractivity (Wildman–Crippen MR) is 90.4 cm³/mol. The Labute approximate surface area is 145 Å². The van der Waals surface area contributed by atoms with Crippen molar-refractivity contribution in [2.75, 3.05) is 6.54 Å². The summed E-state index contributed by atoms with van der Waals surface area (Å²) in [7, 11) is 0. The minimum atomic E-state index is -1.17. The molecule has 0 bridgehead atoms. The topological polar surface area (TPSA) is 66.5 Å². The van der Waals surface area contributed by atoms with Gasteiger partial charge in [-0.25, -0.2) is 4.79 Å². The van der Waals surface area contributed by atoms with Gasteiger partial charge >= 0.3 is 6.03 Å². The second kappa shape index (κ2) is 5.90. The summed E-state index contributed by atoms with van der Waals surface area (Å²) < 4.78 is 0.811. The van der Waals surface area contributed by atoms with Gasteiger partial charge in [0.25, 0.3) is 5.91 Å². The summed E-state index contributed by atoms with van der Waals surface area (Å²) in [6.45, 7) is 1.39. The fourth-order valence-corrected chi connectivity index (χ4v) is 3.55. The molecular weight excluding hydrogens is 380 g/mol. The summed E-state index contributed by atoms with van der Waals surface area (Å²) in [5, 5.41) is 4.47. The highest BCUT2D eigenvalue weighted by atomic mass is 79.9. The van der Waals surface area contributed by atoms with Gasteiger partial charge < -0.3 is 5.32 Å². The Kier molecular flexibility index (Phi) is 4.08. The Morgan fingerprint density at radius 2 is 2.09 bits per heavy atom. The number of thiophene rings is 1.